The van der Waals surface area contributed by atoms with E-state index in [1.807, 2.05) is 13.0 Å². The topological polar surface area (TPSA) is 217 Å². The summed E-state index contributed by atoms with van der Waals surface area (Å²) in [6.07, 6.45) is 4.72. The molecule has 12 heteroatoms. The molecule has 0 amide bonds. The number of nitrogens with one attached hydrogen (secondary N) is 1. The fourth-order valence-corrected chi connectivity index (χ4v) is 7.16. The summed E-state index contributed by atoms with van der Waals surface area (Å²) in [4.78, 5) is 25.6. The van der Waals surface area contributed by atoms with Gasteiger partial charge in [0.1, 0.15) is 5.75 Å². The molecule has 0 saturated carbocycles. The van der Waals surface area contributed by atoms with E-state index < -0.39 is 41.2 Å². The molecule has 2 aliphatic rings. The second kappa shape index (κ2) is 14.6. The first-order valence-corrected chi connectivity index (χ1v) is 16.9. The molecule has 0 unspecified atom stereocenters. The average molecular weight is 710 g/mol. The number of rotatable bonds is 10. The molecule has 0 saturated heterocycles. The van der Waals surface area contributed by atoms with Crippen LogP contribution < -0.4 is 5.32 Å². The lowest BCUT2D eigenvalue weighted by Crippen LogP contribution is -2.38. The van der Waals surface area contributed by atoms with Crippen molar-refractivity contribution >= 4 is 29.7 Å². The van der Waals surface area contributed by atoms with Crippen LogP contribution in [-0.2, 0) is 33.6 Å². The number of benzene rings is 4. The SMILES string of the molecule is CCNC[C@@H](c1ccc(O)c(O)c1)[C@@H](OC(=O)/C=C/c1cc(O)c(O)c2c1C=C(c1cc(O)c(O)c3c1-c1cccc(O)c1CCC3)CC2)C(=O)O. The molecule has 52 heavy (non-hydrogen) atoms. The summed E-state index contributed by atoms with van der Waals surface area (Å²) in [5, 5.41) is 86.8. The minimum atomic E-state index is -1.69. The molecule has 0 aliphatic heterocycles. The van der Waals surface area contributed by atoms with Crippen molar-refractivity contribution in [1.82, 2.24) is 5.32 Å². The molecular weight excluding hydrogens is 670 g/mol. The van der Waals surface area contributed by atoms with Crippen molar-refractivity contribution in [2.45, 2.75) is 51.0 Å². The highest BCUT2D eigenvalue weighted by Gasteiger charge is 2.33. The number of carboxylic acid groups (broad SMARTS) is 1. The van der Waals surface area contributed by atoms with E-state index in [1.54, 1.807) is 18.2 Å². The highest BCUT2D eigenvalue weighted by atomic mass is 16.6. The van der Waals surface area contributed by atoms with Crippen molar-refractivity contribution in [1.29, 1.82) is 0 Å². The van der Waals surface area contributed by atoms with Crippen LogP contribution in [0.15, 0.2) is 54.6 Å². The summed E-state index contributed by atoms with van der Waals surface area (Å²) in [5.41, 5.74) is 5.51. The third-order valence-corrected chi connectivity index (χ3v) is 9.71. The number of hydrogen-bond acceptors (Lipinski definition) is 11. The van der Waals surface area contributed by atoms with Gasteiger partial charge in [-0.25, -0.2) is 9.59 Å². The largest absolute Gasteiger partial charge is 0.508 e. The van der Waals surface area contributed by atoms with Gasteiger partial charge in [-0.15, -0.1) is 0 Å². The fourth-order valence-electron chi connectivity index (χ4n) is 7.16. The summed E-state index contributed by atoms with van der Waals surface area (Å²) in [5.74, 6) is -5.40. The lowest BCUT2D eigenvalue weighted by molar-refractivity contribution is -0.162. The number of carbonyl (C=O) groups is 2. The quantitative estimate of drug-likeness (QED) is 0.0553. The maximum absolute atomic E-state index is 13.2. The van der Waals surface area contributed by atoms with Gasteiger partial charge in [0.05, 0.1) is 0 Å². The van der Waals surface area contributed by atoms with Crippen molar-refractivity contribution in [3.05, 3.63) is 93.6 Å². The van der Waals surface area contributed by atoms with Crippen molar-refractivity contribution in [2.75, 3.05) is 13.1 Å². The number of allylic oxidation sites excluding steroid dienone is 1. The number of hydrogen-bond donors (Lipinski definition) is 9. The number of aliphatic carboxylic acids is 1. The van der Waals surface area contributed by atoms with E-state index in [4.69, 9.17) is 4.74 Å². The molecule has 4 aromatic carbocycles. The Morgan fingerprint density at radius 3 is 2.25 bits per heavy atom. The van der Waals surface area contributed by atoms with Crippen LogP contribution in [0.2, 0.25) is 0 Å². The third kappa shape index (κ3) is 6.80. The first-order chi connectivity index (χ1) is 24.9. The van der Waals surface area contributed by atoms with Crippen molar-refractivity contribution in [3.63, 3.8) is 0 Å². The smallest absolute Gasteiger partial charge is 0.345 e. The Morgan fingerprint density at radius 2 is 1.52 bits per heavy atom. The lowest BCUT2D eigenvalue weighted by atomic mass is 9.81. The van der Waals surface area contributed by atoms with E-state index >= 15 is 0 Å². The standard InChI is InChI=1S/C40H39NO11/c1-2-41-19-29(22-10-13-31(43)32(44)16-22)39(40(50)51)52-35(47)14-11-21-17-33(45)37(48)25-12-9-20(15-27(21)25)28-18-34(46)38(49)26-7-3-5-23-24(36(26)28)6-4-8-30(23)42/h4,6,8,10-11,13-18,29,39,41-46,48-49H,2-3,5,7,9,12,19H2,1H3,(H,50,51)/b14-11+/t29-,39+/m0/s1. The number of esters is 1. The predicted octanol–water partition coefficient (Wildman–Crippen LogP) is 5.67. The molecule has 9 N–H and O–H groups in total. The van der Waals surface area contributed by atoms with E-state index in [0.29, 0.717) is 71.2 Å². The monoisotopic (exact) mass is 709 g/mol. The molecule has 0 radical (unpaired) electrons. The molecule has 0 aromatic heterocycles. The van der Waals surface area contributed by atoms with Crippen LogP contribution in [0.5, 0.6) is 40.2 Å². The second-order valence-corrected chi connectivity index (χ2v) is 12.9. The summed E-state index contributed by atoms with van der Waals surface area (Å²) >= 11 is 0. The van der Waals surface area contributed by atoms with Gasteiger partial charge >= 0.3 is 11.9 Å². The lowest BCUT2D eigenvalue weighted by Gasteiger charge is -2.25. The van der Waals surface area contributed by atoms with Gasteiger partial charge in [-0.3, -0.25) is 0 Å². The Balaban J connectivity index is 1.38. The van der Waals surface area contributed by atoms with E-state index in [1.165, 1.54) is 36.4 Å². The Labute approximate surface area is 298 Å². The summed E-state index contributed by atoms with van der Waals surface area (Å²) in [6.45, 7) is 2.36. The van der Waals surface area contributed by atoms with Crippen LogP contribution in [0.4, 0.5) is 0 Å². The molecule has 2 atom stereocenters. The second-order valence-electron chi connectivity index (χ2n) is 12.9. The normalized spacial score (nSPS) is 14.8. The summed E-state index contributed by atoms with van der Waals surface area (Å²) in [6, 6.07) is 11.8. The average Bonchev–Trinajstić information content (AvgIpc) is 3.32. The number of carboxylic acids is 1. The van der Waals surface area contributed by atoms with Crippen LogP contribution in [-0.4, -0.2) is 72.0 Å². The molecule has 4 aromatic rings. The van der Waals surface area contributed by atoms with Gasteiger partial charge in [0.15, 0.2) is 34.5 Å². The Bertz CT molecular complexity index is 2130. The minimum absolute atomic E-state index is 0.0716. The molecule has 6 rings (SSSR count). The van der Waals surface area contributed by atoms with Crippen LogP contribution >= 0.6 is 0 Å². The Morgan fingerprint density at radius 1 is 0.788 bits per heavy atom. The fraction of sp³-hybridized carbons (Fsp3) is 0.250. The van der Waals surface area contributed by atoms with Crippen LogP contribution in [0, 0.1) is 0 Å². The number of phenols is 7. The van der Waals surface area contributed by atoms with Crippen LogP contribution in [0.25, 0.3) is 28.9 Å². The minimum Gasteiger partial charge on any atom is -0.508 e. The maximum atomic E-state index is 13.2. The van der Waals surface area contributed by atoms with Gasteiger partial charge in [-0.05, 0) is 114 Å². The van der Waals surface area contributed by atoms with E-state index in [0.717, 1.165) is 22.8 Å². The summed E-state index contributed by atoms with van der Waals surface area (Å²) in [7, 11) is 0. The number of carbonyl (C=O) groups excluding carboxylic acids is 1. The molecule has 0 heterocycles. The van der Waals surface area contributed by atoms with Gasteiger partial charge in [0, 0.05) is 35.2 Å². The number of likely N-dealkylation sites (N-methyl/N-ethyl adjacent to an activating group) is 1. The Hall–Kier alpha value is -6.14. The number of fused-ring (bicyclic) bond motifs is 4. The zero-order chi connectivity index (χ0) is 37.3. The molecule has 0 fully saturated rings. The molecule has 270 valence electrons. The molecular formula is C40H39NO11. The van der Waals surface area contributed by atoms with Crippen molar-refractivity contribution in [2.24, 2.45) is 0 Å². The highest BCUT2D eigenvalue weighted by molar-refractivity contribution is 5.97. The van der Waals surface area contributed by atoms with Crippen molar-refractivity contribution < 1.29 is 55.2 Å². The van der Waals surface area contributed by atoms with E-state index in [2.05, 4.69) is 5.32 Å². The highest BCUT2D eigenvalue weighted by Crippen LogP contribution is 2.50. The molecule has 0 spiro atoms. The van der Waals surface area contributed by atoms with Gasteiger partial charge < -0.3 is 50.9 Å². The summed E-state index contributed by atoms with van der Waals surface area (Å²) < 4.78 is 5.44. The number of ether oxygens (including phenoxy) is 1. The molecule has 12 nitrogen and oxygen atoms in total. The predicted molar refractivity (Wildman–Crippen MR) is 192 cm³/mol. The zero-order valence-electron chi connectivity index (χ0n) is 28.3. The molecule has 2 aliphatic carbocycles. The molecule has 0 bridgehead atoms. The van der Waals surface area contributed by atoms with Gasteiger partial charge in [-0.2, -0.15) is 0 Å². The number of aromatic hydroxyl groups is 7. The van der Waals surface area contributed by atoms with Crippen LogP contribution in [0.1, 0.15) is 64.6 Å². The first-order valence-electron chi connectivity index (χ1n) is 16.9. The Kier molecular flexibility index (Phi) is 10.0. The number of phenolic OH excluding ortho intramolecular Hbond substituents is 7. The van der Waals surface area contributed by atoms with Gasteiger partial charge in [0.2, 0.25) is 6.10 Å². The maximum Gasteiger partial charge on any atom is 0.345 e. The van der Waals surface area contributed by atoms with Crippen LogP contribution in [0.3, 0.4) is 0 Å². The first kappa shape index (κ1) is 35.7. The third-order valence-electron chi connectivity index (χ3n) is 9.71. The van der Waals surface area contributed by atoms with E-state index in [-0.39, 0.29) is 36.0 Å². The van der Waals surface area contributed by atoms with E-state index in [9.17, 15) is 50.4 Å². The zero-order valence-corrected chi connectivity index (χ0v) is 28.3. The van der Waals surface area contributed by atoms with Gasteiger partial charge in [-0.1, -0.05) is 31.2 Å². The van der Waals surface area contributed by atoms with Crippen molar-refractivity contribution in [3.8, 4) is 51.4 Å². The van der Waals surface area contributed by atoms with Gasteiger partial charge in [0.25, 0.3) is 0 Å².